The number of halogens is 2. The molecule has 0 atom stereocenters. The molecule has 71 heavy (non-hydrogen) atoms. The Labute approximate surface area is 433 Å². The molecule has 0 aliphatic heterocycles. The Hall–Kier alpha value is -7.55. The fraction of sp³-hybridized carbons (Fsp3) is 0. The molecule has 3 nitrogen and oxygen atoms in total. The summed E-state index contributed by atoms with van der Waals surface area (Å²) in [7, 11) is 4.34. The van der Waals surface area contributed by atoms with Gasteiger partial charge in [-0.1, -0.05) is 206 Å². The monoisotopic (exact) mass is 1050 g/mol. The number of rotatable bonds is 4. The van der Waals surface area contributed by atoms with Crippen molar-refractivity contribution in [3.05, 3.63) is 239 Å². The van der Waals surface area contributed by atoms with Crippen LogP contribution >= 0.6 is 44.7 Å². The van der Waals surface area contributed by atoms with Gasteiger partial charge in [-0.3, -0.25) is 0 Å². The van der Waals surface area contributed by atoms with Crippen LogP contribution in [0.4, 0.5) is 0 Å². The van der Waals surface area contributed by atoms with E-state index in [0.29, 0.717) is 0 Å². The molecule has 14 rings (SSSR count). The first-order chi connectivity index (χ1) is 35.0. The Bertz CT molecular complexity index is 4060. The standard InChI is InChI=1S/C32H18Br2O.C32H20O.BHNS/c33-27-17-25(19-9-3-1-4-10-19)23-15-7-13-21-22-14-8-16-24-26(20-11-5-2-6-12-20)18-28(34)32(30(22)24)35-31(27)29(21)23;1-3-9-21(10-4-1)23-17-19-29-31-25(23)13-7-15-27(31)28-16-8-14-26-24(22-11-5-2-6-12-22)18-20-30(33-29)32(26)28;1-2-3/h1-18H;1-20H;3H. The Kier molecular flexibility index (Phi) is 11.9. The third kappa shape index (κ3) is 7.86. The molecule has 2 heterocycles. The molecule has 0 N–H and O–H groups in total. The van der Waals surface area contributed by atoms with Crippen LogP contribution in [0.2, 0.25) is 0 Å². The molecular formula is C64H39BBr2NO2S. The van der Waals surface area contributed by atoms with Gasteiger partial charge in [0.25, 0.3) is 0 Å². The van der Waals surface area contributed by atoms with E-state index in [1.165, 1.54) is 98.4 Å². The van der Waals surface area contributed by atoms with E-state index < -0.39 is 0 Å². The molecule has 0 aliphatic carbocycles. The fourth-order valence-corrected chi connectivity index (χ4v) is 11.5. The second-order valence-corrected chi connectivity index (χ2v) is 19.3. The third-order valence-electron chi connectivity index (χ3n) is 13.5. The minimum Gasteiger partial charge on any atom is -0.456 e. The van der Waals surface area contributed by atoms with Gasteiger partial charge >= 0.3 is 24.8 Å². The summed E-state index contributed by atoms with van der Waals surface area (Å²) in [5.41, 5.74) is 13.1. The average Bonchev–Trinajstić information content (AvgIpc) is 3.67. The first-order valence-corrected chi connectivity index (χ1v) is 25.2. The van der Waals surface area contributed by atoms with Gasteiger partial charge in [-0.15, -0.1) is 0 Å². The van der Waals surface area contributed by atoms with Gasteiger partial charge in [0.15, 0.2) is 0 Å². The molecular weight excluding hydrogens is 1020 g/mol. The van der Waals surface area contributed by atoms with Crippen molar-refractivity contribution < 1.29 is 8.83 Å². The smallest absolute Gasteiger partial charge is 0.135 e. The van der Waals surface area contributed by atoms with E-state index in [-0.39, 0.29) is 0 Å². The van der Waals surface area contributed by atoms with Crippen LogP contribution in [0.25, 0.3) is 131 Å². The summed E-state index contributed by atoms with van der Waals surface area (Å²) in [5, 5.41) is 14.2. The molecule has 0 unspecified atom stereocenters. The normalized spacial score (nSPS) is 11.4. The van der Waals surface area contributed by atoms with Crippen molar-refractivity contribution in [3.63, 3.8) is 0 Å². The SMILES string of the molecule is Brc1cc(-c2ccccc2)c2cccc3c4cccc5c(-c6ccccc6)cc(Br)c(oc1c23)c54.[B]=NS.c1ccc(-c2ccc3oc4ccc(-c5ccccc5)c5cccc(c6cccc2c36)c45)cc1. The van der Waals surface area contributed by atoms with Gasteiger partial charge < -0.3 is 8.83 Å². The molecule has 0 amide bonds. The summed E-state index contributed by atoms with van der Waals surface area (Å²) in [6.45, 7) is 0. The molecule has 12 aromatic carbocycles. The van der Waals surface area contributed by atoms with E-state index in [1.807, 2.05) is 0 Å². The fourth-order valence-electron chi connectivity index (χ4n) is 10.5. The molecule has 2 aromatic heterocycles. The van der Waals surface area contributed by atoms with Gasteiger partial charge in [0.2, 0.25) is 0 Å². The molecule has 0 spiro atoms. The number of thiol groups is 1. The van der Waals surface area contributed by atoms with Gasteiger partial charge in [0.05, 0.1) is 8.95 Å². The van der Waals surface area contributed by atoms with Gasteiger partial charge in [-0.2, -0.15) is 0 Å². The van der Waals surface area contributed by atoms with Crippen molar-refractivity contribution in [3.8, 4) is 44.5 Å². The number of hydrogen-bond acceptors (Lipinski definition) is 4. The first-order valence-electron chi connectivity index (χ1n) is 23.2. The summed E-state index contributed by atoms with van der Waals surface area (Å²) in [5.74, 6) is 0. The molecule has 0 bridgehead atoms. The van der Waals surface area contributed by atoms with E-state index in [4.69, 9.17) is 8.83 Å². The van der Waals surface area contributed by atoms with Crippen LogP contribution in [0.15, 0.2) is 253 Å². The topological polar surface area (TPSA) is 38.6 Å². The summed E-state index contributed by atoms with van der Waals surface area (Å²) >= 11 is 10.9. The van der Waals surface area contributed by atoms with Crippen molar-refractivity contribution >= 4 is 139 Å². The Morgan fingerprint density at radius 2 is 0.592 bits per heavy atom. The van der Waals surface area contributed by atoms with Crippen molar-refractivity contribution in [2.24, 2.45) is 4.30 Å². The van der Waals surface area contributed by atoms with E-state index in [1.54, 1.807) is 0 Å². The van der Waals surface area contributed by atoms with Crippen LogP contribution in [-0.4, -0.2) is 7.64 Å². The molecule has 1 radical (unpaired) electrons. The number of hydrogen-bond donors (Lipinski definition) is 1. The molecule has 7 heteroatoms. The zero-order chi connectivity index (χ0) is 48.0. The maximum Gasteiger partial charge on any atom is 0.135 e. The maximum absolute atomic E-state index is 6.80. The first kappa shape index (κ1) is 44.6. The van der Waals surface area contributed by atoms with Gasteiger partial charge in [0, 0.05) is 21.5 Å². The van der Waals surface area contributed by atoms with Crippen LogP contribution in [-0.2, 0) is 0 Å². The number of nitrogens with zero attached hydrogens (tertiary/aromatic N) is 1. The molecule has 0 saturated carbocycles. The summed E-state index contributed by atoms with van der Waals surface area (Å²) < 4.78 is 18.0. The zero-order valence-corrected chi connectivity index (χ0v) is 42.0. The second kappa shape index (κ2) is 19.0. The Morgan fingerprint density at radius 3 is 0.930 bits per heavy atom. The van der Waals surface area contributed by atoms with Gasteiger partial charge in [-0.05, 0) is 144 Å². The van der Waals surface area contributed by atoms with Crippen molar-refractivity contribution in [1.29, 1.82) is 0 Å². The van der Waals surface area contributed by atoms with Gasteiger partial charge in [-0.25, -0.2) is 0 Å². The predicted octanol–water partition coefficient (Wildman–Crippen LogP) is 20.2. The zero-order valence-electron chi connectivity index (χ0n) is 38.0. The second-order valence-electron chi connectivity index (χ2n) is 17.4. The van der Waals surface area contributed by atoms with Crippen LogP contribution < -0.4 is 0 Å². The van der Waals surface area contributed by atoms with Crippen LogP contribution in [0, 0.1) is 0 Å². The summed E-state index contributed by atoms with van der Waals surface area (Å²) in [6, 6.07) is 81.5. The van der Waals surface area contributed by atoms with Crippen molar-refractivity contribution in [2.75, 3.05) is 0 Å². The summed E-state index contributed by atoms with van der Waals surface area (Å²) in [4.78, 5) is 0. The number of benzene rings is 12. The van der Waals surface area contributed by atoms with E-state index in [9.17, 15) is 0 Å². The molecule has 335 valence electrons. The molecule has 14 aromatic rings. The third-order valence-corrected chi connectivity index (χ3v) is 14.7. The van der Waals surface area contributed by atoms with E-state index >= 15 is 0 Å². The minimum atomic E-state index is 0.848. The largest absolute Gasteiger partial charge is 0.456 e. The van der Waals surface area contributed by atoms with Crippen LogP contribution in [0.3, 0.4) is 0 Å². The quantitative estimate of drug-likeness (QED) is 0.141. The Morgan fingerprint density at radius 1 is 0.310 bits per heavy atom. The van der Waals surface area contributed by atoms with Crippen LogP contribution in [0.1, 0.15) is 0 Å². The average molecular weight is 1060 g/mol. The minimum absolute atomic E-state index is 0.848. The van der Waals surface area contributed by atoms with E-state index in [0.717, 1.165) is 42.0 Å². The molecule has 0 aliphatic rings. The maximum atomic E-state index is 6.80. The molecule has 0 saturated heterocycles. The molecule has 0 fully saturated rings. The number of fused-ring (bicyclic) bond motifs is 2. The Balaban J connectivity index is 0.000000138. The van der Waals surface area contributed by atoms with E-state index in [2.05, 4.69) is 287 Å². The van der Waals surface area contributed by atoms with Crippen LogP contribution in [0.5, 0.6) is 0 Å². The summed E-state index contributed by atoms with van der Waals surface area (Å²) in [6.07, 6.45) is 0. The van der Waals surface area contributed by atoms with Crippen molar-refractivity contribution in [1.82, 2.24) is 0 Å². The van der Waals surface area contributed by atoms with Crippen molar-refractivity contribution in [2.45, 2.75) is 0 Å². The predicted molar refractivity (Wildman–Crippen MR) is 312 cm³/mol. The van der Waals surface area contributed by atoms with Gasteiger partial charge in [0.1, 0.15) is 22.3 Å².